The summed E-state index contributed by atoms with van der Waals surface area (Å²) in [5.74, 6) is 2.50. The largest absolute Gasteiger partial charge is 0.255 e. The molecule has 0 saturated heterocycles. The molecule has 1 aromatic rings. The molecule has 0 radical (unpaired) electrons. The first-order valence-corrected chi connectivity index (χ1v) is 3.32. The van der Waals surface area contributed by atoms with Crippen LogP contribution in [0.25, 0.3) is 5.57 Å². The lowest BCUT2D eigenvalue weighted by molar-refractivity contribution is 1.26. The molecule has 0 bridgehead atoms. The van der Waals surface area contributed by atoms with Crippen LogP contribution in [0.3, 0.4) is 0 Å². The molecular formula is C10H9N. The maximum absolute atomic E-state index is 5.16. The number of terminal acetylenes is 1. The molecule has 0 aliphatic heterocycles. The second-order valence-corrected chi connectivity index (χ2v) is 2.36. The second-order valence-electron chi connectivity index (χ2n) is 2.36. The van der Waals surface area contributed by atoms with E-state index in [1.165, 1.54) is 0 Å². The Balaban J connectivity index is 3.03. The Morgan fingerprint density at radius 2 is 2.36 bits per heavy atom. The molecule has 0 spiro atoms. The van der Waals surface area contributed by atoms with Crippen LogP contribution in [0.1, 0.15) is 18.2 Å². The molecule has 0 aliphatic rings. The first-order valence-electron chi connectivity index (χ1n) is 3.32. The lowest BCUT2D eigenvalue weighted by Crippen LogP contribution is -1.84. The number of hydrogen-bond donors (Lipinski definition) is 0. The highest BCUT2D eigenvalue weighted by atomic mass is 14.7. The third-order valence-corrected chi connectivity index (χ3v) is 1.37. The summed E-state index contributed by atoms with van der Waals surface area (Å²) in [5.41, 5.74) is 2.65. The average molecular weight is 143 g/mol. The van der Waals surface area contributed by atoms with Crippen molar-refractivity contribution in [3.63, 3.8) is 0 Å². The molecule has 54 valence electrons. The summed E-state index contributed by atoms with van der Waals surface area (Å²) in [6.45, 7) is 5.68. The number of aromatic nitrogens is 1. The van der Waals surface area contributed by atoms with Crippen molar-refractivity contribution in [2.45, 2.75) is 6.92 Å². The van der Waals surface area contributed by atoms with E-state index in [4.69, 9.17) is 6.42 Å². The number of rotatable bonds is 1. The van der Waals surface area contributed by atoms with Crippen LogP contribution < -0.4 is 0 Å². The predicted octanol–water partition coefficient (Wildman–Crippen LogP) is 2.10. The monoisotopic (exact) mass is 143 g/mol. The lowest BCUT2D eigenvalue weighted by Gasteiger charge is -1.96. The molecule has 0 unspecified atom stereocenters. The second kappa shape index (κ2) is 3.03. The van der Waals surface area contributed by atoms with E-state index >= 15 is 0 Å². The summed E-state index contributed by atoms with van der Waals surface area (Å²) in [5, 5.41) is 0. The van der Waals surface area contributed by atoms with Gasteiger partial charge < -0.3 is 0 Å². The molecule has 1 heterocycles. The summed E-state index contributed by atoms with van der Waals surface area (Å²) in [6, 6.07) is 3.73. The molecule has 0 amide bonds. The van der Waals surface area contributed by atoms with Gasteiger partial charge in [-0.2, -0.15) is 0 Å². The van der Waals surface area contributed by atoms with Gasteiger partial charge in [-0.1, -0.05) is 12.5 Å². The van der Waals surface area contributed by atoms with Crippen LogP contribution in [0.2, 0.25) is 0 Å². The summed E-state index contributed by atoms with van der Waals surface area (Å²) in [6.07, 6.45) is 6.83. The molecular weight excluding hydrogens is 134 g/mol. The molecule has 1 heteroatoms. The third-order valence-electron chi connectivity index (χ3n) is 1.37. The molecule has 0 saturated carbocycles. The summed E-state index contributed by atoms with van der Waals surface area (Å²) < 4.78 is 0. The van der Waals surface area contributed by atoms with E-state index in [1.807, 2.05) is 19.1 Å². The van der Waals surface area contributed by atoms with Crippen molar-refractivity contribution in [1.29, 1.82) is 0 Å². The Bertz CT molecular complexity index is 301. The Kier molecular flexibility index (Phi) is 2.08. The number of hydrogen-bond acceptors (Lipinski definition) is 1. The van der Waals surface area contributed by atoms with Gasteiger partial charge in [0.15, 0.2) is 0 Å². The van der Waals surface area contributed by atoms with Crippen molar-refractivity contribution >= 4 is 5.57 Å². The highest BCUT2D eigenvalue weighted by molar-refractivity contribution is 5.57. The van der Waals surface area contributed by atoms with Gasteiger partial charge in [0.25, 0.3) is 0 Å². The molecule has 1 aromatic heterocycles. The average Bonchev–Trinajstić information content (AvgIpc) is 2.05. The van der Waals surface area contributed by atoms with Crippen LogP contribution in [0.4, 0.5) is 0 Å². The Morgan fingerprint density at radius 3 is 2.73 bits per heavy atom. The molecule has 0 atom stereocenters. The van der Waals surface area contributed by atoms with Gasteiger partial charge in [-0.25, -0.2) is 0 Å². The van der Waals surface area contributed by atoms with Gasteiger partial charge in [0.2, 0.25) is 0 Å². The topological polar surface area (TPSA) is 12.9 Å². The number of nitrogens with zero attached hydrogens (tertiary/aromatic N) is 1. The summed E-state index contributed by atoms with van der Waals surface area (Å²) in [7, 11) is 0. The van der Waals surface area contributed by atoms with Gasteiger partial charge in [-0.3, -0.25) is 4.98 Å². The zero-order valence-corrected chi connectivity index (χ0v) is 6.46. The molecule has 0 aromatic carbocycles. The van der Waals surface area contributed by atoms with E-state index < -0.39 is 0 Å². The Labute approximate surface area is 66.8 Å². The normalized spacial score (nSPS) is 8.73. The standard InChI is InChI=1S/C10H9N/c1-4-9-5-6-10(8(2)3)11-7-9/h1,5-7H,2H2,3H3. The van der Waals surface area contributed by atoms with Gasteiger partial charge in [0.1, 0.15) is 0 Å². The Hall–Kier alpha value is -1.55. The third kappa shape index (κ3) is 1.68. The molecule has 0 N–H and O–H groups in total. The maximum Gasteiger partial charge on any atom is 0.0653 e. The van der Waals surface area contributed by atoms with Gasteiger partial charge in [0.05, 0.1) is 5.69 Å². The molecule has 0 fully saturated rings. The first kappa shape index (κ1) is 7.56. The van der Waals surface area contributed by atoms with Crippen molar-refractivity contribution < 1.29 is 0 Å². The first-order chi connectivity index (χ1) is 5.24. The van der Waals surface area contributed by atoms with Crippen LogP contribution in [0, 0.1) is 12.3 Å². The summed E-state index contributed by atoms with van der Waals surface area (Å²) >= 11 is 0. The van der Waals surface area contributed by atoms with E-state index in [-0.39, 0.29) is 0 Å². The van der Waals surface area contributed by atoms with Crippen LogP contribution >= 0.6 is 0 Å². The van der Waals surface area contributed by atoms with Gasteiger partial charge in [0, 0.05) is 11.8 Å². The van der Waals surface area contributed by atoms with Crippen LogP contribution in [0.5, 0.6) is 0 Å². The maximum atomic E-state index is 5.16. The minimum atomic E-state index is 0.801. The fourth-order valence-electron chi connectivity index (χ4n) is 0.732. The van der Waals surface area contributed by atoms with Crippen LogP contribution in [-0.2, 0) is 0 Å². The van der Waals surface area contributed by atoms with E-state index in [1.54, 1.807) is 6.20 Å². The Morgan fingerprint density at radius 1 is 1.64 bits per heavy atom. The quantitative estimate of drug-likeness (QED) is 0.548. The van der Waals surface area contributed by atoms with E-state index in [0.29, 0.717) is 0 Å². The highest BCUT2D eigenvalue weighted by Crippen LogP contribution is 2.07. The minimum absolute atomic E-state index is 0.801. The van der Waals surface area contributed by atoms with E-state index in [9.17, 15) is 0 Å². The lowest BCUT2D eigenvalue weighted by atomic mass is 10.2. The van der Waals surface area contributed by atoms with Crippen molar-refractivity contribution in [3.05, 3.63) is 36.2 Å². The zero-order valence-electron chi connectivity index (χ0n) is 6.46. The summed E-state index contributed by atoms with van der Waals surface area (Å²) in [4.78, 5) is 4.11. The SMILES string of the molecule is C#Cc1ccc(C(=C)C)nc1. The van der Waals surface area contributed by atoms with Gasteiger partial charge in [-0.15, -0.1) is 6.42 Å². The number of pyridine rings is 1. The molecule has 11 heavy (non-hydrogen) atoms. The van der Waals surface area contributed by atoms with Gasteiger partial charge in [-0.05, 0) is 24.6 Å². The zero-order chi connectivity index (χ0) is 8.27. The number of allylic oxidation sites excluding steroid dienone is 1. The molecule has 1 nitrogen and oxygen atoms in total. The fraction of sp³-hybridized carbons (Fsp3) is 0.100. The van der Waals surface area contributed by atoms with Crippen molar-refractivity contribution in [2.24, 2.45) is 0 Å². The van der Waals surface area contributed by atoms with E-state index in [0.717, 1.165) is 16.8 Å². The van der Waals surface area contributed by atoms with Crippen LogP contribution in [0.15, 0.2) is 24.9 Å². The predicted molar refractivity (Wildman–Crippen MR) is 46.9 cm³/mol. The van der Waals surface area contributed by atoms with Crippen molar-refractivity contribution in [3.8, 4) is 12.3 Å². The minimum Gasteiger partial charge on any atom is -0.255 e. The fourth-order valence-corrected chi connectivity index (χ4v) is 0.732. The van der Waals surface area contributed by atoms with Gasteiger partial charge >= 0.3 is 0 Å². The molecule has 0 aliphatic carbocycles. The van der Waals surface area contributed by atoms with Crippen molar-refractivity contribution in [2.75, 3.05) is 0 Å². The van der Waals surface area contributed by atoms with Crippen LogP contribution in [-0.4, -0.2) is 4.98 Å². The highest BCUT2D eigenvalue weighted by Gasteiger charge is 1.92. The van der Waals surface area contributed by atoms with Crippen molar-refractivity contribution in [1.82, 2.24) is 4.98 Å². The smallest absolute Gasteiger partial charge is 0.0653 e. The van der Waals surface area contributed by atoms with E-state index in [2.05, 4.69) is 17.5 Å². The molecule has 1 rings (SSSR count).